The number of nitrogens with two attached hydrogens (primary N) is 2. The fourth-order valence-electron chi connectivity index (χ4n) is 0.416. The predicted octanol–water partition coefficient (Wildman–Crippen LogP) is -0.300. The second-order valence-electron chi connectivity index (χ2n) is 2.12. The zero-order chi connectivity index (χ0) is 8.31. The molecule has 60 valence electrons. The Morgan fingerprint density at radius 1 is 1.50 bits per heavy atom. The largest absolute Gasteiger partial charge is 0.368 e. The van der Waals surface area contributed by atoms with Crippen molar-refractivity contribution in [2.45, 2.75) is 19.4 Å². The van der Waals surface area contributed by atoms with Gasteiger partial charge in [-0.2, -0.15) is 0 Å². The molecule has 0 aliphatic heterocycles. The van der Waals surface area contributed by atoms with E-state index in [1.807, 2.05) is 0 Å². The number of primary amides is 1. The molecule has 0 aliphatic carbocycles. The maximum absolute atomic E-state index is 11.8. The highest BCUT2D eigenvalue weighted by Crippen LogP contribution is 2.11. The van der Waals surface area contributed by atoms with Crippen LogP contribution in [0.15, 0.2) is 0 Å². The molecule has 0 heterocycles. The van der Waals surface area contributed by atoms with E-state index < -0.39 is 24.3 Å². The van der Waals surface area contributed by atoms with Crippen LogP contribution in [-0.2, 0) is 4.79 Å². The molecular formula is C5H10F2N2O. The molecule has 0 saturated carbocycles. The normalized spacial score (nSPS) is 16.9. The summed E-state index contributed by atoms with van der Waals surface area (Å²) in [5.74, 6) is -2.06. The summed E-state index contributed by atoms with van der Waals surface area (Å²) in [4.78, 5) is 10.2. The lowest BCUT2D eigenvalue weighted by Crippen LogP contribution is -2.44. The van der Waals surface area contributed by atoms with Gasteiger partial charge in [-0.25, -0.2) is 8.78 Å². The van der Waals surface area contributed by atoms with E-state index in [9.17, 15) is 13.6 Å². The Bertz CT molecular complexity index is 129. The maximum Gasteiger partial charge on any atom is 0.243 e. The number of carbonyl (C=O) groups is 1. The molecule has 4 N–H and O–H groups in total. The molecule has 0 bridgehead atoms. The molecule has 1 unspecified atom stereocenters. The summed E-state index contributed by atoms with van der Waals surface area (Å²) in [7, 11) is 0. The highest BCUT2D eigenvalue weighted by molar-refractivity contribution is 5.79. The summed E-state index contributed by atoms with van der Waals surface area (Å²) >= 11 is 0. The first-order valence-electron chi connectivity index (χ1n) is 2.80. The van der Waals surface area contributed by atoms with E-state index in [2.05, 4.69) is 5.73 Å². The van der Waals surface area contributed by atoms with Gasteiger partial charge in [-0.15, -0.1) is 0 Å². The van der Waals surface area contributed by atoms with Gasteiger partial charge >= 0.3 is 0 Å². The first kappa shape index (κ1) is 9.29. The Kier molecular flexibility index (Phi) is 3.21. The van der Waals surface area contributed by atoms with E-state index in [0.717, 1.165) is 0 Å². The molecule has 0 spiro atoms. The van der Waals surface area contributed by atoms with Gasteiger partial charge in [0.2, 0.25) is 12.3 Å². The third-order valence-electron chi connectivity index (χ3n) is 1.29. The molecule has 0 aliphatic rings. The minimum Gasteiger partial charge on any atom is -0.368 e. The van der Waals surface area contributed by atoms with Gasteiger partial charge in [-0.05, 0) is 0 Å². The van der Waals surface area contributed by atoms with Gasteiger partial charge in [0.25, 0.3) is 0 Å². The van der Waals surface area contributed by atoms with E-state index in [4.69, 9.17) is 5.73 Å². The predicted molar refractivity (Wildman–Crippen MR) is 32.3 cm³/mol. The van der Waals surface area contributed by atoms with Crippen LogP contribution < -0.4 is 11.5 Å². The molecule has 2 atom stereocenters. The summed E-state index contributed by atoms with van der Waals surface area (Å²) in [5.41, 5.74) is 9.68. The summed E-state index contributed by atoms with van der Waals surface area (Å²) in [6.07, 6.45) is -2.59. The van der Waals surface area contributed by atoms with Crippen molar-refractivity contribution in [2.75, 3.05) is 0 Å². The van der Waals surface area contributed by atoms with Gasteiger partial charge in [-0.3, -0.25) is 4.79 Å². The van der Waals surface area contributed by atoms with E-state index in [-0.39, 0.29) is 0 Å². The van der Waals surface area contributed by atoms with E-state index in [1.54, 1.807) is 0 Å². The molecule has 0 aromatic rings. The number of hydrogen-bond acceptors (Lipinski definition) is 2. The van der Waals surface area contributed by atoms with Gasteiger partial charge in [0.1, 0.15) is 0 Å². The van der Waals surface area contributed by atoms with Crippen molar-refractivity contribution in [2.24, 2.45) is 17.4 Å². The lowest BCUT2D eigenvalue weighted by atomic mass is 10.0. The van der Waals surface area contributed by atoms with E-state index in [1.165, 1.54) is 6.92 Å². The zero-order valence-corrected chi connectivity index (χ0v) is 5.55. The van der Waals surface area contributed by atoms with Crippen LogP contribution in [0.5, 0.6) is 0 Å². The maximum atomic E-state index is 11.8. The van der Waals surface area contributed by atoms with E-state index in [0.29, 0.717) is 0 Å². The van der Waals surface area contributed by atoms with Crippen LogP contribution in [0.25, 0.3) is 0 Å². The highest BCUT2D eigenvalue weighted by Gasteiger charge is 2.25. The van der Waals surface area contributed by atoms with Crippen molar-refractivity contribution >= 4 is 5.91 Å². The topological polar surface area (TPSA) is 69.1 Å². The fraction of sp³-hybridized carbons (Fsp3) is 0.800. The second-order valence-corrected chi connectivity index (χ2v) is 2.12. The standard InChI is InChI=1S/C5H10F2N2O/c1-2(4(6)7)3(8)5(9)10/h2-4H,8H2,1H3,(H2,9,10)/t2-,3?/m1/s1. The zero-order valence-electron chi connectivity index (χ0n) is 5.55. The fourth-order valence-corrected chi connectivity index (χ4v) is 0.416. The first-order valence-corrected chi connectivity index (χ1v) is 2.80. The number of hydrogen-bond donors (Lipinski definition) is 2. The van der Waals surface area contributed by atoms with Gasteiger partial charge in [0, 0.05) is 5.92 Å². The third kappa shape index (κ3) is 2.26. The molecular weight excluding hydrogens is 142 g/mol. The number of carbonyl (C=O) groups excluding carboxylic acids is 1. The molecule has 0 radical (unpaired) electrons. The van der Waals surface area contributed by atoms with E-state index >= 15 is 0 Å². The van der Waals surface area contributed by atoms with Crippen molar-refractivity contribution in [1.82, 2.24) is 0 Å². The quantitative estimate of drug-likeness (QED) is 0.583. The Morgan fingerprint density at radius 2 is 1.90 bits per heavy atom. The monoisotopic (exact) mass is 152 g/mol. The van der Waals surface area contributed by atoms with Crippen LogP contribution in [0.2, 0.25) is 0 Å². The van der Waals surface area contributed by atoms with Gasteiger partial charge in [0.15, 0.2) is 0 Å². The van der Waals surface area contributed by atoms with Crippen molar-refractivity contribution < 1.29 is 13.6 Å². The van der Waals surface area contributed by atoms with Crippen molar-refractivity contribution in [3.63, 3.8) is 0 Å². The average Bonchev–Trinajstić information content (AvgIpc) is 1.84. The number of amides is 1. The highest BCUT2D eigenvalue weighted by atomic mass is 19.3. The lowest BCUT2D eigenvalue weighted by molar-refractivity contribution is -0.121. The number of rotatable bonds is 3. The Labute approximate surface area is 57.4 Å². The molecule has 0 saturated heterocycles. The Hall–Kier alpha value is -0.710. The van der Waals surface area contributed by atoms with Crippen molar-refractivity contribution in [3.8, 4) is 0 Å². The van der Waals surface area contributed by atoms with Crippen LogP contribution >= 0.6 is 0 Å². The van der Waals surface area contributed by atoms with Gasteiger partial charge in [-0.1, -0.05) is 6.92 Å². The van der Waals surface area contributed by atoms with Crippen LogP contribution in [0.3, 0.4) is 0 Å². The van der Waals surface area contributed by atoms with Crippen LogP contribution in [-0.4, -0.2) is 18.4 Å². The summed E-state index contributed by atoms with van der Waals surface area (Å²) in [6.45, 7) is 1.18. The molecule has 5 heteroatoms. The van der Waals surface area contributed by atoms with Crippen LogP contribution in [0.4, 0.5) is 8.78 Å². The van der Waals surface area contributed by atoms with Crippen molar-refractivity contribution in [3.05, 3.63) is 0 Å². The van der Waals surface area contributed by atoms with Gasteiger partial charge in [0.05, 0.1) is 6.04 Å². The van der Waals surface area contributed by atoms with Crippen LogP contribution in [0, 0.1) is 5.92 Å². The molecule has 10 heavy (non-hydrogen) atoms. The first-order chi connectivity index (χ1) is 4.46. The lowest BCUT2D eigenvalue weighted by Gasteiger charge is -2.14. The SMILES string of the molecule is C[C@@H](C(F)F)C(N)C(N)=O. The number of alkyl halides is 2. The van der Waals surface area contributed by atoms with Crippen LogP contribution in [0.1, 0.15) is 6.92 Å². The van der Waals surface area contributed by atoms with Gasteiger partial charge < -0.3 is 11.5 Å². The minimum atomic E-state index is -2.59. The minimum absolute atomic E-state index is 0.896. The number of halogens is 2. The smallest absolute Gasteiger partial charge is 0.243 e. The Balaban J connectivity index is 3.94. The summed E-state index contributed by atoms with van der Waals surface area (Å²) in [6, 6.07) is -1.25. The Morgan fingerprint density at radius 3 is 2.00 bits per heavy atom. The second kappa shape index (κ2) is 3.46. The summed E-state index contributed by atoms with van der Waals surface area (Å²) in [5, 5.41) is 0. The molecule has 3 nitrogen and oxygen atoms in total. The molecule has 0 aromatic heterocycles. The molecule has 0 fully saturated rings. The molecule has 0 aromatic carbocycles. The molecule has 1 amide bonds. The molecule has 0 rings (SSSR count). The summed E-state index contributed by atoms with van der Waals surface area (Å²) < 4.78 is 23.5. The third-order valence-corrected chi connectivity index (χ3v) is 1.29. The average molecular weight is 152 g/mol. The van der Waals surface area contributed by atoms with Crippen molar-refractivity contribution in [1.29, 1.82) is 0 Å².